The Morgan fingerprint density at radius 3 is 2.77 bits per heavy atom. The molecular formula is C23H33NOS. The molecule has 0 fully saturated rings. The first-order chi connectivity index (χ1) is 12.7. The molecule has 0 saturated carbocycles. The minimum absolute atomic E-state index is 0.0685. The largest absolute Gasteiger partial charge is 0.494 e. The quantitative estimate of drug-likeness (QED) is 0.524. The van der Waals surface area contributed by atoms with Crippen LogP contribution in [0.1, 0.15) is 77.7 Å². The molecule has 1 aliphatic carbocycles. The second kappa shape index (κ2) is 9.12. The fourth-order valence-electron chi connectivity index (χ4n) is 3.91. The Hall–Kier alpha value is -1.22. The van der Waals surface area contributed by atoms with Crippen molar-refractivity contribution in [2.24, 2.45) is 4.99 Å². The van der Waals surface area contributed by atoms with Crippen molar-refractivity contribution in [2.45, 2.75) is 82.6 Å². The highest BCUT2D eigenvalue weighted by Gasteiger charge is 2.32. The Balaban J connectivity index is 2.05. The summed E-state index contributed by atoms with van der Waals surface area (Å²) in [5, 5.41) is 0. The van der Waals surface area contributed by atoms with Crippen molar-refractivity contribution in [3.63, 3.8) is 0 Å². The van der Waals surface area contributed by atoms with E-state index in [4.69, 9.17) is 9.73 Å². The number of fused-ring (bicyclic) bond motifs is 1. The van der Waals surface area contributed by atoms with Crippen molar-refractivity contribution in [3.8, 4) is 5.75 Å². The van der Waals surface area contributed by atoms with Crippen molar-refractivity contribution in [1.29, 1.82) is 0 Å². The topological polar surface area (TPSA) is 21.6 Å². The van der Waals surface area contributed by atoms with E-state index in [-0.39, 0.29) is 5.54 Å². The molecule has 2 aliphatic rings. The lowest BCUT2D eigenvalue weighted by Gasteiger charge is -2.28. The molecule has 3 heteroatoms. The third-order valence-electron chi connectivity index (χ3n) is 5.61. The average Bonchev–Trinajstić information content (AvgIpc) is 2.85. The van der Waals surface area contributed by atoms with Crippen LogP contribution in [0.4, 0.5) is 0 Å². The minimum atomic E-state index is 0.0685. The molecule has 1 aromatic rings. The summed E-state index contributed by atoms with van der Waals surface area (Å²) < 4.78 is 5.77. The predicted octanol–water partition coefficient (Wildman–Crippen LogP) is 6.82. The third-order valence-corrected chi connectivity index (χ3v) is 6.94. The van der Waals surface area contributed by atoms with Crippen molar-refractivity contribution >= 4 is 17.5 Å². The lowest BCUT2D eigenvalue weighted by Crippen LogP contribution is -2.30. The number of thioether (sulfide) groups is 1. The predicted molar refractivity (Wildman–Crippen MR) is 114 cm³/mol. The van der Waals surface area contributed by atoms with Crippen molar-refractivity contribution < 1.29 is 4.74 Å². The number of hydrogen-bond donors (Lipinski definition) is 0. The number of nitrogens with zero attached hydrogens (tertiary/aromatic N) is 1. The maximum absolute atomic E-state index is 5.77. The van der Waals surface area contributed by atoms with Gasteiger partial charge in [0.05, 0.1) is 17.9 Å². The van der Waals surface area contributed by atoms with E-state index in [0.29, 0.717) is 6.61 Å². The van der Waals surface area contributed by atoms with E-state index in [0.717, 1.165) is 17.9 Å². The summed E-state index contributed by atoms with van der Waals surface area (Å²) in [4.78, 5) is 6.83. The highest BCUT2D eigenvalue weighted by atomic mass is 32.2. The molecule has 26 heavy (non-hydrogen) atoms. The molecule has 0 aromatic heterocycles. The average molecular weight is 372 g/mol. The first-order valence-corrected chi connectivity index (χ1v) is 11.4. The van der Waals surface area contributed by atoms with Gasteiger partial charge in [-0.25, -0.2) is 0 Å². The van der Waals surface area contributed by atoms with E-state index in [2.05, 4.69) is 38.1 Å². The van der Waals surface area contributed by atoms with Gasteiger partial charge >= 0.3 is 0 Å². The highest BCUT2D eigenvalue weighted by Crippen LogP contribution is 2.40. The van der Waals surface area contributed by atoms with Crippen molar-refractivity contribution in [1.82, 2.24) is 0 Å². The summed E-state index contributed by atoms with van der Waals surface area (Å²) in [5.74, 6) is 2.05. The molecule has 1 heterocycles. The summed E-state index contributed by atoms with van der Waals surface area (Å²) in [6.45, 7) is 7.36. The van der Waals surface area contributed by atoms with Crippen LogP contribution in [0, 0.1) is 0 Å². The Morgan fingerprint density at radius 2 is 2.08 bits per heavy atom. The molecule has 0 amide bonds. The minimum Gasteiger partial charge on any atom is -0.494 e. The van der Waals surface area contributed by atoms with Crippen LogP contribution in [0.25, 0.3) is 0 Å². The monoisotopic (exact) mass is 371 g/mol. The number of ether oxygens (including phenoxy) is 1. The van der Waals surface area contributed by atoms with Gasteiger partial charge in [0.2, 0.25) is 0 Å². The van der Waals surface area contributed by atoms with Crippen LogP contribution in [-0.4, -0.2) is 23.6 Å². The Bertz CT molecular complexity index is 679. The molecule has 1 unspecified atom stereocenters. The van der Waals surface area contributed by atoms with Gasteiger partial charge in [-0.3, -0.25) is 4.99 Å². The zero-order valence-corrected chi connectivity index (χ0v) is 17.5. The van der Waals surface area contributed by atoms with E-state index < -0.39 is 0 Å². The van der Waals surface area contributed by atoms with Gasteiger partial charge in [0, 0.05) is 16.2 Å². The van der Waals surface area contributed by atoms with Crippen LogP contribution in [-0.2, 0) is 0 Å². The second-order valence-electron chi connectivity index (χ2n) is 7.50. The Kier molecular flexibility index (Phi) is 6.86. The smallest absolute Gasteiger partial charge is 0.120 e. The van der Waals surface area contributed by atoms with Gasteiger partial charge < -0.3 is 4.74 Å². The summed E-state index contributed by atoms with van der Waals surface area (Å²) in [5.41, 5.74) is 4.13. The van der Waals surface area contributed by atoms with Gasteiger partial charge in [0.25, 0.3) is 0 Å². The van der Waals surface area contributed by atoms with E-state index in [1.54, 1.807) is 0 Å². The van der Waals surface area contributed by atoms with Crippen molar-refractivity contribution in [3.05, 3.63) is 35.4 Å². The van der Waals surface area contributed by atoms with Gasteiger partial charge in [0.1, 0.15) is 5.75 Å². The number of aliphatic imine (C=N–C) groups is 1. The summed E-state index contributed by atoms with van der Waals surface area (Å²) in [6, 6.07) is 6.59. The van der Waals surface area contributed by atoms with Gasteiger partial charge in [0.15, 0.2) is 0 Å². The van der Waals surface area contributed by atoms with Crippen LogP contribution in [0.5, 0.6) is 5.75 Å². The molecular weight excluding hydrogens is 338 g/mol. The summed E-state index contributed by atoms with van der Waals surface area (Å²) >= 11 is 1.98. The number of hydrogen-bond acceptors (Lipinski definition) is 3. The molecule has 0 spiro atoms. The van der Waals surface area contributed by atoms with Crippen LogP contribution >= 0.6 is 11.8 Å². The molecule has 0 N–H and O–H groups in total. The molecule has 142 valence electrons. The van der Waals surface area contributed by atoms with Crippen LogP contribution in [0.15, 0.2) is 39.7 Å². The Morgan fingerprint density at radius 1 is 1.19 bits per heavy atom. The second-order valence-corrected chi connectivity index (χ2v) is 8.51. The highest BCUT2D eigenvalue weighted by molar-refractivity contribution is 7.99. The number of allylic oxidation sites excluding steroid dienone is 2. The normalized spacial score (nSPS) is 22.9. The van der Waals surface area contributed by atoms with Gasteiger partial charge in [-0.05, 0) is 69.2 Å². The van der Waals surface area contributed by atoms with Crippen LogP contribution < -0.4 is 4.74 Å². The standard InChI is InChI=1S/C23H33NOS/c1-4-7-15-23(5-2)17-26-21-16-19(25-6-3)13-14-20(21)22(24-23)18-11-9-8-10-12-18/h11,13-14,16H,4-10,12,15,17H2,1-3H3. The Labute approximate surface area is 163 Å². The number of rotatable bonds is 7. The molecule has 0 saturated heterocycles. The lowest BCUT2D eigenvalue weighted by atomic mass is 9.88. The molecule has 1 aliphatic heterocycles. The SMILES string of the molecule is CCCCC1(CC)CSc2cc(OCC)ccc2C(C2=CCCCC2)=N1. The van der Waals surface area contributed by atoms with E-state index in [1.807, 2.05) is 18.7 Å². The van der Waals surface area contributed by atoms with Gasteiger partial charge in [-0.1, -0.05) is 32.8 Å². The maximum Gasteiger partial charge on any atom is 0.120 e. The van der Waals surface area contributed by atoms with Crippen LogP contribution in [0.2, 0.25) is 0 Å². The van der Waals surface area contributed by atoms with Gasteiger partial charge in [-0.2, -0.15) is 0 Å². The van der Waals surface area contributed by atoms with Crippen molar-refractivity contribution in [2.75, 3.05) is 12.4 Å². The fourth-order valence-corrected chi connectivity index (χ4v) is 5.26. The molecule has 0 bridgehead atoms. The van der Waals surface area contributed by atoms with Crippen LogP contribution in [0.3, 0.4) is 0 Å². The first-order valence-electron chi connectivity index (χ1n) is 10.4. The molecule has 1 atom stereocenters. The maximum atomic E-state index is 5.77. The number of unbranched alkanes of at least 4 members (excludes halogenated alkanes) is 1. The molecule has 1 aromatic carbocycles. The van der Waals surface area contributed by atoms with E-state index >= 15 is 0 Å². The van der Waals surface area contributed by atoms with Gasteiger partial charge in [-0.15, -0.1) is 11.8 Å². The van der Waals surface area contributed by atoms with E-state index in [1.165, 1.54) is 66.7 Å². The summed E-state index contributed by atoms with van der Waals surface area (Å²) in [7, 11) is 0. The lowest BCUT2D eigenvalue weighted by molar-refractivity contribution is 0.339. The zero-order chi connectivity index (χ0) is 18.4. The molecule has 2 nitrogen and oxygen atoms in total. The molecule has 3 rings (SSSR count). The number of benzene rings is 1. The zero-order valence-electron chi connectivity index (χ0n) is 16.6. The fraction of sp³-hybridized carbons (Fsp3) is 0.609. The van der Waals surface area contributed by atoms with E-state index in [9.17, 15) is 0 Å². The summed E-state index contributed by atoms with van der Waals surface area (Å²) in [6.07, 6.45) is 12.2. The first kappa shape index (κ1) is 19.5. The third kappa shape index (κ3) is 4.36. The molecule has 0 radical (unpaired) electrons.